The van der Waals surface area contributed by atoms with Crippen LogP contribution in [0.2, 0.25) is 0 Å². The molecular weight excluding hydrogens is 302 g/mol. The molecule has 0 heterocycles. The minimum absolute atomic E-state index is 0. The van der Waals surface area contributed by atoms with Crippen molar-refractivity contribution in [3.8, 4) is 0 Å². The number of rotatable bonds is 4. The van der Waals surface area contributed by atoms with E-state index >= 15 is 0 Å². The third-order valence-electron chi connectivity index (χ3n) is 3.79. The van der Waals surface area contributed by atoms with Gasteiger partial charge in [-0.2, -0.15) is 0 Å². The van der Waals surface area contributed by atoms with Gasteiger partial charge in [-0.05, 0) is 35.8 Å². The van der Waals surface area contributed by atoms with Gasteiger partial charge >= 0.3 is 71.1 Å². The van der Waals surface area contributed by atoms with Gasteiger partial charge in [0.05, 0.1) is 11.1 Å². The number of carbonyl (C=O) groups is 2. The van der Waals surface area contributed by atoms with Crippen molar-refractivity contribution in [2.75, 3.05) is 0 Å². The number of fused-ring (bicyclic) bond motifs is 1. The van der Waals surface area contributed by atoms with Crippen molar-refractivity contribution < 1.29 is 19.8 Å². The zero-order chi connectivity index (χ0) is 14.9. The monoisotopic (exact) mass is 322 g/mol. The summed E-state index contributed by atoms with van der Waals surface area (Å²) in [4.78, 5) is 23.0. The quantitative estimate of drug-likeness (QED) is 0.646. The second-order valence-electron chi connectivity index (χ2n) is 5.47. The van der Waals surface area contributed by atoms with Gasteiger partial charge in [-0.25, -0.2) is 9.59 Å². The summed E-state index contributed by atoms with van der Waals surface area (Å²) in [5.74, 6) is -2.82. The van der Waals surface area contributed by atoms with E-state index < -0.39 is 11.9 Å². The van der Waals surface area contributed by atoms with Gasteiger partial charge in [-0.15, -0.1) is 0 Å². The molecule has 0 fully saturated rings. The van der Waals surface area contributed by atoms with E-state index in [1.807, 2.05) is 24.3 Å². The van der Waals surface area contributed by atoms with E-state index in [0.717, 1.165) is 11.1 Å². The molecular formula is C16H20Na2O4. The molecule has 0 saturated carbocycles. The minimum atomic E-state index is -1.13. The van der Waals surface area contributed by atoms with Gasteiger partial charge in [0.15, 0.2) is 0 Å². The fourth-order valence-corrected chi connectivity index (χ4v) is 2.95. The van der Waals surface area contributed by atoms with Crippen LogP contribution >= 0.6 is 0 Å². The average molecular weight is 322 g/mol. The Morgan fingerprint density at radius 1 is 1.00 bits per heavy atom. The SMILES string of the molecule is CC(C)/C(C(=O)O)=C(/C(=O)O)C1Cc2ccccc2C1.[NaH].[NaH]. The van der Waals surface area contributed by atoms with Crippen molar-refractivity contribution in [1.82, 2.24) is 0 Å². The first-order valence-corrected chi connectivity index (χ1v) is 6.69. The van der Waals surface area contributed by atoms with E-state index in [4.69, 9.17) is 0 Å². The number of benzene rings is 1. The van der Waals surface area contributed by atoms with Crippen LogP contribution in [0.1, 0.15) is 25.0 Å². The summed E-state index contributed by atoms with van der Waals surface area (Å²) in [6, 6.07) is 7.80. The van der Waals surface area contributed by atoms with E-state index in [9.17, 15) is 19.8 Å². The first-order chi connectivity index (χ1) is 9.41. The molecule has 1 aliphatic rings. The predicted molar refractivity (Wildman–Crippen MR) is 88.8 cm³/mol. The van der Waals surface area contributed by atoms with E-state index in [1.54, 1.807) is 13.8 Å². The average Bonchev–Trinajstić information content (AvgIpc) is 2.77. The Hall–Kier alpha value is -0.1000. The molecule has 0 spiro atoms. The molecule has 0 unspecified atom stereocenters. The Morgan fingerprint density at radius 2 is 1.45 bits per heavy atom. The molecule has 0 saturated heterocycles. The van der Waals surface area contributed by atoms with Crippen molar-refractivity contribution >= 4 is 71.1 Å². The number of aliphatic carboxylic acids is 2. The van der Waals surface area contributed by atoms with Gasteiger partial charge in [0.25, 0.3) is 0 Å². The molecule has 2 N–H and O–H groups in total. The van der Waals surface area contributed by atoms with Gasteiger partial charge in [-0.1, -0.05) is 38.1 Å². The molecule has 4 nitrogen and oxygen atoms in total. The van der Waals surface area contributed by atoms with Crippen LogP contribution in [0.25, 0.3) is 0 Å². The Labute approximate surface area is 174 Å². The van der Waals surface area contributed by atoms with E-state index in [1.165, 1.54) is 0 Å². The summed E-state index contributed by atoms with van der Waals surface area (Å²) in [5, 5.41) is 18.8. The fourth-order valence-electron chi connectivity index (χ4n) is 2.95. The van der Waals surface area contributed by atoms with Gasteiger partial charge in [0.1, 0.15) is 0 Å². The molecule has 2 rings (SSSR count). The maximum atomic E-state index is 11.6. The number of hydrogen-bond acceptors (Lipinski definition) is 2. The van der Waals surface area contributed by atoms with Crippen molar-refractivity contribution in [2.45, 2.75) is 26.7 Å². The Balaban J connectivity index is 0.00000220. The summed E-state index contributed by atoms with van der Waals surface area (Å²) in [6.07, 6.45) is 1.20. The maximum absolute atomic E-state index is 11.6. The summed E-state index contributed by atoms with van der Waals surface area (Å²) >= 11 is 0. The van der Waals surface area contributed by atoms with Gasteiger partial charge in [-0.3, -0.25) is 0 Å². The first-order valence-electron chi connectivity index (χ1n) is 6.69. The van der Waals surface area contributed by atoms with Crippen LogP contribution in [0.4, 0.5) is 0 Å². The normalized spacial score (nSPS) is 14.5. The van der Waals surface area contributed by atoms with Crippen LogP contribution in [0.15, 0.2) is 35.4 Å². The molecule has 0 bridgehead atoms. The molecule has 1 aliphatic carbocycles. The topological polar surface area (TPSA) is 74.6 Å². The molecule has 0 atom stereocenters. The molecule has 110 valence electrons. The molecule has 1 aromatic rings. The Bertz CT molecular complexity index is 569. The second kappa shape index (κ2) is 9.26. The van der Waals surface area contributed by atoms with E-state index in [2.05, 4.69) is 0 Å². The molecule has 0 aliphatic heterocycles. The number of carboxylic acids is 2. The van der Waals surface area contributed by atoms with Crippen LogP contribution in [-0.2, 0) is 22.4 Å². The van der Waals surface area contributed by atoms with Crippen molar-refractivity contribution in [3.63, 3.8) is 0 Å². The summed E-state index contributed by atoms with van der Waals surface area (Å²) in [6.45, 7) is 3.43. The Kier molecular flexibility index (Phi) is 9.22. The fraction of sp³-hybridized carbons (Fsp3) is 0.375. The second-order valence-corrected chi connectivity index (χ2v) is 5.47. The zero-order valence-corrected chi connectivity index (χ0v) is 11.6. The van der Waals surface area contributed by atoms with Crippen molar-refractivity contribution in [1.29, 1.82) is 0 Å². The number of carboxylic acid groups (broad SMARTS) is 2. The standard InChI is InChI=1S/C16H18O4.2Na.2H/c1-9(2)13(15(17)18)14(16(19)20)12-7-10-5-3-4-6-11(10)8-12;;;;/h3-6,9,12H,7-8H2,1-2H3,(H,17,18)(H,19,20);;;;/b14-13-;;;;. The van der Waals surface area contributed by atoms with Crippen molar-refractivity contribution in [2.24, 2.45) is 11.8 Å². The predicted octanol–water partition coefficient (Wildman–Crippen LogP) is 1.23. The van der Waals surface area contributed by atoms with E-state index in [0.29, 0.717) is 12.8 Å². The van der Waals surface area contributed by atoms with Crippen LogP contribution < -0.4 is 0 Å². The van der Waals surface area contributed by atoms with Gasteiger partial charge in [0, 0.05) is 0 Å². The molecule has 0 amide bonds. The van der Waals surface area contributed by atoms with Crippen LogP contribution in [0.3, 0.4) is 0 Å². The molecule has 6 heteroatoms. The third-order valence-corrected chi connectivity index (χ3v) is 3.79. The number of hydrogen-bond donors (Lipinski definition) is 2. The Morgan fingerprint density at radius 3 is 1.77 bits per heavy atom. The van der Waals surface area contributed by atoms with Crippen LogP contribution in [0, 0.1) is 11.8 Å². The molecule has 22 heavy (non-hydrogen) atoms. The third kappa shape index (κ3) is 4.70. The summed E-state index contributed by atoms with van der Waals surface area (Å²) < 4.78 is 0. The molecule has 0 aromatic heterocycles. The zero-order valence-electron chi connectivity index (χ0n) is 11.6. The molecule has 1 aromatic carbocycles. The van der Waals surface area contributed by atoms with Gasteiger partial charge in [0.2, 0.25) is 0 Å². The first kappa shape index (κ1) is 21.9. The van der Waals surface area contributed by atoms with Crippen LogP contribution in [0.5, 0.6) is 0 Å². The summed E-state index contributed by atoms with van der Waals surface area (Å²) in [7, 11) is 0. The van der Waals surface area contributed by atoms with Crippen molar-refractivity contribution in [3.05, 3.63) is 46.5 Å². The van der Waals surface area contributed by atoms with E-state index in [-0.39, 0.29) is 82.1 Å². The summed E-state index contributed by atoms with van der Waals surface area (Å²) in [5.41, 5.74) is 2.31. The molecule has 0 radical (unpaired) electrons. The van der Waals surface area contributed by atoms with Gasteiger partial charge < -0.3 is 10.2 Å². The van der Waals surface area contributed by atoms with Crippen LogP contribution in [-0.4, -0.2) is 81.3 Å².